The van der Waals surface area contributed by atoms with Crippen LogP contribution in [0.3, 0.4) is 0 Å². The molecule has 1 fully saturated rings. The Bertz CT molecular complexity index is 150. The molecule has 1 saturated carbocycles. The van der Waals surface area contributed by atoms with Crippen LogP contribution in [0.15, 0.2) is 0 Å². The molecule has 0 saturated heterocycles. The van der Waals surface area contributed by atoms with Crippen molar-refractivity contribution in [3.63, 3.8) is 0 Å². The maximum Gasteiger partial charge on any atom is 0.0695 e. The number of rotatable bonds is 4. The van der Waals surface area contributed by atoms with Crippen molar-refractivity contribution in [3.8, 4) is 0 Å². The third kappa shape index (κ3) is 3.25. The lowest BCUT2D eigenvalue weighted by Crippen LogP contribution is -2.40. The SMILES string of the molecule is CN(C)CCN(C)C1CCCC1O. The fourth-order valence-electron chi connectivity index (χ4n) is 1.96. The lowest BCUT2D eigenvalue weighted by atomic mass is 10.2. The number of aliphatic hydroxyl groups is 1. The molecule has 1 rings (SSSR count). The van der Waals surface area contributed by atoms with Gasteiger partial charge in [-0.3, -0.25) is 4.90 Å². The number of hydrogen-bond acceptors (Lipinski definition) is 3. The zero-order valence-corrected chi connectivity index (χ0v) is 9.03. The lowest BCUT2D eigenvalue weighted by Gasteiger charge is -2.27. The zero-order valence-electron chi connectivity index (χ0n) is 9.03. The van der Waals surface area contributed by atoms with Crippen molar-refractivity contribution in [2.75, 3.05) is 34.2 Å². The highest BCUT2D eigenvalue weighted by Gasteiger charge is 2.28. The van der Waals surface area contributed by atoms with E-state index in [-0.39, 0.29) is 6.10 Å². The fraction of sp³-hybridized carbons (Fsp3) is 1.00. The van der Waals surface area contributed by atoms with Crippen LogP contribution in [0.1, 0.15) is 19.3 Å². The van der Waals surface area contributed by atoms with Crippen molar-refractivity contribution in [2.24, 2.45) is 0 Å². The third-order valence-electron chi connectivity index (χ3n) is 2.91. The van der Waals surface area contributed by atoms with Crippen molar-refractivity contribution in [1.29, 1.82) is 0 Å². The summed E-state index contributed by atoms with van der Waals surface area (Å²) < 4.78 is 0. The summed E-state index contributed by atoms with van der Waals surface area (Å²) in [6, 6.07) is 0.403. The van der Waals surface area contributed by atoms with Crippen LogP contribution >= 0.6 is 0 Å². The molecule has 0 amide bonds. The lowest BCUT2D eigenvalue weighted by molar-refractivity contribution is 0.0826. The first-order valence-electron chi connectivity index (χ1n) is 5.14. The Morgan fingerprint density at radius 3 is 2.31 bits per heavy atom. The molecule has 0 aromatic rings. The Kier molecular flexibility index (Phi) is 4.16. The molecule has 0 aliphatic heterocycles. The van der Waals surface area contributed by atoms with Gasteiger partial charge in [-0.15, -0.1) is 0 Å². The van der Waals surface area contributed by atoms with Gasteiger partial charge in [0.05, 0.1) is 6.10 Å². The van der Waals surface area contributed by atoms with Crippen LogP contribution in [0.4, 0.5) is 0 Å². The Labute approximate surface area is 81.3 Å². The molecule has 2 unspecified atom stereocenters. The minimum absolute atomic E-state index is 0.0906. The molecule has 1 aliphatic carbocycles. The van der Waals surface area contributed by atoms with Crippen LogP contribution in [0.2, 0.25) is 0 Å². The normalized spacial score (nSPS) is 29.1. The molecular formula is C10H22N2O. The van der Waals surface area contributed by atoms with E-state index in [1.807, 2.05) is 0 Å². The summed E-state index contributed by atoms with van der Waals surface area (Å²) in [6.45, 7) is 2.12. The minimum atomic E-state index is -0.0906. The first-order valence-corrected chi connectivity index (χ1v) is 5.14. The van der Waals surface area contributed by atoms with E-state index >= 15 is 0 Å². The van der Waals surface area contributed by atoms with Gasteiger partial charge >= 0.3 is 0 Å². The van der Waals surface area contributed by atoms with E-state index < -0.39 is 0 Å². The second kappa shape index (κ2) is 4.94. The second-order valence-corrected chi connectivity index (χ2v) is 4.35. The molecule has 0 radical (unpaired) electrons. The Morgan fingerprint density at radius 1 is 1.15 bits per heavy atom. The van der Waals surface area contributed by atoms with E-state index in [1.54, 1.807) is 0 Å². The maximum absolute atomic E-state index is 9.67. The van der Waals surface area contributed by atoms with Crippen LogP contribution in [-0.2, 0) is 0 Å². The van der Waals surface area contributed by atoms with Crippen molar-refractivity contribution in [2.45, 2.75) is 31.4 Å². The van der Waals surface area contributed by atoms with E-state index in [0.29, 0.717) is 6.04 Å². The van der Waals surface area contributed by atoms with Crippen molar-refractivity contribution in [3.05, 3.63) is 0 Å². The summed E-state index contributed by atoms with van der Waals surface area (Å²) in [6.07, 6.45) is 3.23. The second-order valence-electron chi connectivity index (χ2n) is 4.35. The molecule has 0 heterocycles. The highest BCUT2D eigenvalue weighted by molar-refractivity contribution is 4.83. The predicted octanol–water partition coefficient (Wildman–Crippen LogP) is 0.393. The average Bonchev–Trinajstić information content (AvgIpc) is 2.47. The van der Waals surface area contributed by atoms with E-state index in [0.717, 1.165) is 25.9 Å². The van der Waals surface area contributed by atoms with Gasteiger partial charge in [-0.2, -0.15) is 0 Å². The summed E-state index contributed by atoms with van der Waals surface area (Å²) in [5.41, 5.74) is 0. The van der Waals surface area contributed by atoms with Crippen LogP contribution in [0.25, 0.3) is 0 Å². The number of aliphatic hydroxyl groups excluding tert-OH is 1. The highest BCUT2D eigenvalue weighted by atomic mass is 16.3. The molecule has 78 valence electrons. The molecule has 0 spiro atoms. The molecule has 0 aromatic heterocycles. The van der Waals surface area contributed by atoms with Crippen LogP contribution < -0.4 is 0 Å². The van der Waals surface area contributed by atoms with Crippen LogP contribution in [0, 0.1) is 0 Å². The fourth-order valence-corrected chi connectivity index (χ4v) is 1.96. The van der Waals surface area contributed by atoms with Gasteiger partial charge in [0.15, 0.2) is 0 Å². The molecule has 3 nitrogen and oxygen atoms in total. The number of likely N-dealkylation sites (N-methyl/N-ethyl adjacent to an activating group) is 2. The van der Waals surface area contributed by atoms with Gasteiger partial charge in [-0.25, -0.2) is 0 Å². The molecule has 13 heavy (non-hydrogen) atoms. The predicted molar refractivity (Wildman–Crippen MR) is 54.8 cm³/mol. The molecular weight excluding hydrogens is 164 g/mol. The Morgan fingerprint density at radius 2 is 1.85 bits per heavy atom. The van der Waals surface area contributed by atoms with Gasteiger partial charge in [0, 0.05) is 19.1 Å². The monoisotopic (exact) mass is 186 g/mol. The Hall–Kier alpha value is -0.120. The minimum Gasteiger partial charge on any atom is -0.391 e. The summed E-state index contributed by atoms with van der Waals surface area (Å²) >= 11 is 0. The van der Waals surface area contributed by atoms with Gasteiger partial charge in [0.1, 0.15) is 0 Å². The van der Waals surface area contributed by atoms with Gasteiger partial charge in [0.2, 0.25) is 0 Å². The van der Waals surface area contributed by atoms with E-state index in [4.69, 9.17) is 0 Å². The first-order chi connectivity index (χ1) is 6.11. The van der Waals surface area contributed by atoms with Crippen LogP contribution in [0.5, 0.6) is 0 Å². The van der Waals surface area contributed by atoms with Crippen molar-refractivity contribution < 1.29 is 5.11 Å². The standard InChI is InChI=1S/C10H22N2O/c1-11(2)7-8-12(3)9-5-4-6-10(9)13/h9-10,13H,4-8H2,1-3H3. The molecule has 1 N–H and O–H groups in total. The molecule has 0 aromatic carbocycles. The molecule has 3 heteroatoms. The van der Waals surface area contributed by atoms with Gasteiger partial charge < -0.3 is 10.0 Å². The molecule has 2 atom stereocenters. The van der Waals surface area contributed by atoms with Crippen LogP contribution in [-0.4, -0.2) is 61.3 Å². The highest BCUT2D eigenvalue weighted by Crippen LogP contribution is 2.22. The van der Waals surface area contributed by atoms with Crippen molar-refractivity contribution >= 4 is 0 Å². The summed E-state index contributed by atoms with van der Waals surface area (Å²) in [5, 5.41) is 9.67. The Balaban J connectivity index is 2.25. The molecule has 1 aliphatic rings. The number of hydrogen-bond donors (Lipinski definition) is 1. The smallest absolute Gasteiger partial charge is 0.0695 e. The summed E-state index contributed by atoms with van der Waals surface area (Å²) in [5.74, 6) is 0. The summed E-state index contributed by atoms with van der Waals surface area (Å²) in [7, 11) is 6.28. The largest absolute Gasteiger partial charge is 0.391 e. The average molecular weight is 186 g/mol. The van der Waals surface area contributed by atoms with Gasteiger partial charge in [-0.1, -0.05) is 0 Å². The third-order valence-corrected chi connectivity index (χ3v) is 2.91. The summed E-state index contributed by atoms with van der Waals surface area (Å²) in [4.78, 5) is 4.47. The number of nitrogens with zero attached hydrogens (tertiary/aromatic N) is 2. The first kappa shape index (κ1) is 11.0. The molecule has 0 bridgehead atoms. The zero-order chi connectivity index (χ0) is 9.84. The van der Waals surface area contributed by atoms with Crippen molar-refractivity contribution in [1.82, 2.24) is 9.80 Å². The van der Waals surface area contributed by atoms with E-state index in [9.17, 15) is 5.11 Å². The van der Waals surface area contributed by atoms with Gasteiger partial charge in [0.25, 0.3) is 0 Å². The van der Waals surface area contributed by atoms with E-state index in [2.05, 4.69) is 30.9 Å². The maximum atomic E-state index is 9.67. The quantitative estimate of drug-likeness (QED) is 0.688. The van der Waals surface area contributed by atoms with Gasteiger partial charge in [-0.05, 0) is 40.4 Å². The van der Waals surface area contributed by atoms with E-state index in [1.165, 1.54) is 6.42 Å². The topological polar surface area (TPSA) is 26.7 Å².